The highest BCUT2D eigenvalue weighted by atomic mass is 35.5. The van der Waals surface area contributed by atoms with E-state index in [0.717, 1.165) is 5.56 Å². The van der Waals surface area contributed by atoms with Crippen LogP contribution in [0.4, 0.5) is 11.4 Å². The van der Waals surface area contributed by atoms with E-state index in [2.05, 4.69) is 15.3 Å². The number of furan rings is 1. The maximum Gasteiger partial charge on any atom is 0.276 e. The second-order valence-corrected chi connectivity index (χ2v) is 10.7. The number of carbonyl (C=O) groups excluding carboxylic acids is 1. The molecule has 0 aliphatic heterocycles. The molecule has 36 heavy (non-hydrogen) atoms. The molecule has 4 aromatic rings. The molecular weight excluding hydrogens is 500 g/mol. The molecule has 0 radical (unpaired) electrons. The van der Waals surface area contributed by atoms with E-state index in [0.29, 0.717) is 40.8 Å². The zero-order valence-electron chi connectivity index (χ0n) is 19.8. The van der Waals surface area contributed by atoms with Gasteiger partial charge in [-0.25, -0.2) is 18.4 Å². The predicted octanol–water partition coefficient (Wildman–Crippen LogP) is 5.28. The van der Waals surface area contributed by atoms with Crippen LogP contribution >= 0.6 is 11.6 Å². The summed E-state index contributed by atoms with van der Waals surface area (Å²) in [5, 5.41) is 2.91. The first kappa shape index (κ1) is 25.4. The van der Waals surface area contributed by atoms with Crippen LogP contribution in [0.5, 0.6) is 0 Å². The number of sulfone groups is 1. The zero-order chi connectivity index (χ0) is 25.7. The normalized spacial score (nSPS) is 11.3. The van der Waals surface area contributed by atoms with Crippen LogP contribution in [0.2, 0.25) is 5.02 Å². The van der Waals surface area contributed by atoms with E-state index in [4.69, 9.17) is 16.0 Å². The molecule has 0 aliphatic rings. The number of nitrogens with zero attached hydrogens (tertiary/aromatic N) is 3. The molecule has 10 heteroatoms. The maximum atomic E-state index is 13.5. The van der Waals surface area contributed by atoms with Gasteiger partial charge in [0.2, 0.25) is 15.0 Å². The third-order valence-corrected chi connectivity index (χ3v) is 7.54. The first-order chi connectivity index (χ1) is 17.3. The third kappa shape index (κ3) is 5.75. The lowest BCUT2D eigenvalue weighted by Gasteiger charge is -2.25. The number of carbonyl (C=O) groups is 1. The topological polar surface area (TPSA) is 105 Å². The number of anilines is 2. The van der Waals surface area contributed by atoms with Crippen LogP contribution in [0.1, 0.15) is 34.3 Å². The van der Waals surface area contributed by atoms with E-state index >= 15 is 0 Å². The van der Waals surface area contributed by atoms with Crippen LogP contribution < -0.4 is 10.2 Å². The van der Waals surface area contributed by atoms with Crippen molar-refractivity contribution < 1.29 is 17.6 Å². The summed E-state index contributed by atoms with van der Waals surface area (Å²) >= 11 is 6.22. The smallest absolute Gasteiger partial charge is 0.276 e. The summed E-state index contributed by atoms with van der Waals surface area (Å²) in [6.45, 7) is 3.99. The molecule has 8 nitrogen and oxygen atoms in total. The number of nitrogens with one attached hydrogen (secondary N) is 1. The highest BCUT2D eigenvalue weighted by molar-refractivity contribution is 7.91. The van der Waals surface area contributed by atoms with Crippen molar-refractivity contribution in [3.8, 4) is 0 Å². The predicted molar refractivity (Wildman–Crippen MR) is 139 cm³/mol. The summed E-state index contributed by atoms with van der Waals surface area (Å²) < 4.78 is 30.7. The Morgan fingerprint density at radius 1 is 1.06 bits per heavy atom. The Morgan fingerprint density at radius 3 is 2.53 bits per heavy atom. The fraction of sp³-hybridized carbons (Fsp3) is 0.192. The molecular formula is C26H25ClN4O4S. The Labute approximate surface area is 214 Å². The van der Waals surface area contributed by atoms with Crippen LogP contribution in [0.15, 0.2) is 82.7 Å². The Kier molecular flexibility index (Phi) is 7.71. The van der Waals surface area contributed by atoms with Crippen LogP contribution in [0.3, 0.4) is 0 Å². The van der Waals surface area contributed by atoms with Crippen LogP contribution in [0.25, 0.3) is 0 Å². The number of rotatable bonds is 9. The van der Waals surface area contributed by atoms with Gasteiger partial charge in [-0.05, 0) is 42.3 Å². The number of halogens is 1. The van der Waals surface area contributed by atoms with E-state index in [1.54, 1.807) is 37.5 Å². The fourth-order valence-electron chi connectivity index (χ4n) is 3.58. The minimum absolute atomic E-state index is 0.0705. The monoisotopic (exact) mass is 524 g/mol. The largest absolute Gasteiger partial charge is 0.467 e. The quantitative estimate of drug-likeness (QED) is 0.297. The number of aromatic nitrogens is 2. The summed E-state index contributed by atoms with van der Waals surface area (Å²) in [5.41, 5.74) is 2.45. The minimum Gasteiger partial charge on any atom is -0.467 e. The molecule has 0 saturated heterocycles. The van der Waals surface area contributed by atoms with Crippen molar-refractivity contribution in [2.45, 2.75) is 32.1 Å². The SMILES string of the molecule is CCS(=O)(=O)c1ncc(N(Cc2ccccc2)Cc2ccco2)c(C(=O)Nc2cccc(Cl)c2C)n1. The lowest BCUT2D eigenvalue weighted by Crippen LogP contribution is -2.28. The number of hydrogen-bond acceptors (Lipinski definition) is 7. The molecule has 4 rings (SSSR count). The molecule has 0 unspecified atom stereocenters. The van der Waals surface area contributed by atoms with Gasteiger partial charge in [-0.15, -0.1) is 0 Å². The molecule has 1 amide bonds. The molecule has 2 heterocycles. The average Bonchev–Trinajstić information content (AvgIpc) is 3.40. The standard InChI is InChI=1S/C26H25ClN4O4S/c1-3-36(33,34)26-28-15-23(24(30-26)25(32)29-22-13-7-12-21(27)18(22)2)31(17-20-11-8-14-35-20)16-19-9-5-4-6-10-19/h4-15H,3,16-17H2,1-2H3,(H,29,32). The molecule has 2 aromatic carbocycles. The Morgan fingerprint density at radius 2 is 1.83 bits per heavy atom. The summed E-state index contributed by atoms with van der Waals surface area (Å²) in [7, 11) is -3.75. The van der Waals surface area contributed by atoms with Gasteiger partial charge in [0.25, 0.3) is 5.91 Å². The van der Waals surface area contributed by atoms with Gasteiger partial charge in [-0.1, -0.05) is 54.9 Å². The van der Waals surface area contributed by atoms with Gasteiger partial charge in [-0.2, -0.15) is 0 Å². The number of benzene rings is 2. The molecule has 2 aromatic heterocycles. The Balaban J connectivity index is 1.81. The lowest BCUT2D eigenvalue weighted by molar-refractivity contribution is 0.102. The summed E-state index contributed by atoms with van der Waals surface area (Å²) in [5.74, 6) is -0.114. The fourth-order valence-corrected chi connectivity index (χ4v) is 4.46. The van der Waals surface area contributed by atoms with E-state index in [-0.39, 0.29) is 11.4 Å². The maximum absolute atomic E-state index is 13.5. The van der Waals surface area contributed by atoms with Gasteiger partial charge in [0.05, 0.1) is 30.4 Å². The lowest BCUT2D eigenvalue weighted by atomic mass is 10.1. The van der Waals surface area contributed by atoms with Gasteiger partial charge in [0.15, 0.2) is 5.69 Å². The van der Waals surface area contributed by atoms with Crippen LogP contribution in [0, 0.1) is 6.92 Å². The van der Waals surface area contributed by atoms with Crippen molar-refractivity contribution in [1.29, 1.82) is 0 Å². The van der Waals surface area contributed by atoms with Crippen molar-refractivity contribution in [3.05, 3.63) is 101 Å². The molecule has 0 fully saturated rings. The molecule has 1 N–H and O–H groups in total. The van der Waals surface area contributed by atoms with Gasteiger partial charge in [0.1, 0.15) is 5.76 Å². The molecule has 0 atom stereocenters. The summed E-state index contributed by atoms with van der Waals surface area (Å²) in [4.78, 5) is 23.8. The van der Waals surface area contributed by atoms with Gasteiger partial charge < -0.3 is 14.6 Å². The van der Waals surface area contributed by atoms with Gasteiger partial charge >= 0.3 is 0 Å². The second-order valence-electron chi connectivity index (χ2n) is 8.08. The summed E-state index contributed by atoms with van der Waals surface area (Å²) in [6, 6.07) is 18.4. The van der Waals surface area contributed by atoms with Crippen molar-refractivity contribution >= 4 is 38.7 Å². The average molecular weight is 525 g/mol. The number of hydrogen-bond donors (Lipinski definition) is 1. The van der Waals surface area contributed by atoms with Gasteiger partial charge in [-0.3, -0.25) is 4.79 Å². The Hall–Kier alpha value is -3.69. The highest BCUT2D eigenvalue weighted by Crippen LogP contribution is 2.27. The van der Waals surface area contributed by atoms with Crippen LogP contribution in [-0.2, 0) is 22.9 Å². The van der Waals surface area contributed by atoms with Crippen molar-refractivity contribution in [3.63, 3.8) is 0 Å². The molecule has 0 aliphatic carbocycles. The molecule has 186 valence electrons. The number of amides is 1. The van der Waals surface area contributed by atoms with Crippen LogP contribution in [-0.4, -0.2) is 30.0 Å². The third-order valence-electron chi connectivity index (χ3n) is 5.62. The highest BCUT2D eigenvalue weighted by Gasteiger charge is 2.25. The van der Waals surface area contributed by atoms with E-state index in [1.165, 1.54) is 13.1 Å². The van der Waals surface area contributed by atoms with Crippen molar-refractivity contribution in [2.24, 2.45) is 0 Å². The van der Waals surface area contributed by atoms with Crippen molar-refractivity contribution in [2.75, 3.05) is 16.0 Å². The zero-order valence-corrected chi connectivity index (χ0v) is 21.4. The van der Waals surface area contributed by atoms with Crippen molar-refractivity contribution in [1.82, 2.24) is 9.97 Å². The second kappa shape index (κ2) is 10.9. The van der Waals surface area contributed by atoms with Gasteiger partial charge in [0, 0.05) is 17.3 Å². The Bertz CT molecular complexity index is 1460. The van der Waals surface area contributed by atoms with E-state index in [9.17, 15) is 13.2 Å². The molecule has 0 bridgehead atoms. The first-order valence-electron chi connectivity index (χ1n) is 11.3. The molecule has 0 spiro atoms. The first-order valence-corrected chi connectivity index (χ1v) is 13.3. The molecule has 0 saturated carbocycles. The van der Waals surface area contributed by atoms with E-state index in [1.807, 2.05) is 41.3 Å². The van der Waals surface area contributed by atoms with E-state index < -0.39 is 20.9 Å². The summed E-state index contributed by atoms with van der Waals surface area (Å²) in [6.07, 6.45) is 2.94. The minimum atomic E-state index is -3.75.